The first kappa shape index (κ1) is 14.4. The standard InChI is InChI=1S/C12H16F2N2O2/c1-3-12(2,15)10(17)16-8-4-6-9(7-5-8)18-11(13)14/h4-7,11H,3,15H2,1-2H3,(H,16,17). The Morgan fingerprint density at radius 2 is 2.00 bits per heavy atom. The molecule has 0 fully saturated rings. The Morgan fingerprint density at radius 3 is 2.44 bits per heavy atom. The molecule has 1 amide bonds. The molecule has 0 bridgehead atoms. The maximum absolute atomic E-state index is 11.9. The summed E-state index contributed by atoms with van der Waals surface area (Å²) >= 11 is 0. The second kappa shape index (κ2) is 5.77. The maximum atomic E-state index is 11.9. The average Bonchev–Trinajstić information content (AvgIpc) is 2.31. The number of hydrogen-bond acceptors (Lipinski definition) is 3. The Bertz CT molecular complexity index is 405. The molecule has 100 valence electrons. The van der Waals surface area contributed by atoms with Gasteiger partial charge in [-0.3, -0.25) is 4.79 Å². The van der Waals surface area contributed by atoms with Gasteiger partial charge in [0.1, 0.15) is 5.75 Å². The molecule has 0 aliphatic rings. The summed E-state index contributed by atoms with van der Waals surface area (Å²) in [7, 11) is 0. The molecular formula is C12H16F2N2O2. The molecule has 1 aromatic rings. The van der Waals surface area contributed by atoms with Gasteiger partial charge in [0.2, 0.25) is 5.91 Å². The van der Waals surface area contributed by atoms with E-state index in [0.29, 0.717) is 12.1 Å². The molecule has 4 nitrogen and oxygen atoms in total. The third-order valence-electron chi connectivity index (χ3n) is 2.59. The molecule has 1 rings (SSSR count). The van der Waals surface area contributed by atoms with Gasteiger partial charge >= 0.3 is 6.61 Å². The van der Waals surface area contributed by atoms with Gasteiger partial charge in [-0.2, -0.15) is 8.78 Å². The largest absolute Gasteiger partial charge is 0.435 e. The Hall–Kier alpha value is -1.69. The predicted molar refractivity (Wildman–Crippen MR) is 64.6 cm³/mol. The average molecular weight is 258 g/mol. The number of nitrogens with two attached hydrogens (primary N) is 1. The van der Waals surface area contributed by atoms with Gasteiger partial charge in [0.15, 0.2) is 0 Å². The Balaban J connectivity index is 2.67. The molecule has 0 radical (unpaired) electrons. The van der Waals surface area contributed by atoms with Crippen molar-refractivity contribution >= 4 is 11.6 Å². The number of anilines is 1. The number of carbonyl (C=O) groups excluding carboxylic acids is 1. The maximum Gasteiger partial charge on any atom is 0.387 e. The van der Waals surface area contributed by atoms with Crippen LogP contribution in [0.2, 0.25) is 0 Å². The smallest absolute Gasteiger partial charge is 0.387 e. The van der Waals surface area contributed by atoms with Crippen molar-refractivity contribution in [3.63, 3.8) is 0 Å². The predicted octanol–water partition coefficient (Wildman–Crippen LogP) is 2.35. The Kier molecular flexibility index (Phi) is 4.61. The molecule has 3 N–H and O–H groups in total. The molecule has 1 unspecified atom stereocenters. The molecule has 0 saturated carbocycles. The minimum atomic E-state index is -2.86. The number of nitrogens with one attached hydrogen (secondary N) is 1. The van der Waals surface area contributed by atoms with Crippen LogP contribution in [-0.4, -0.2) is 18.1 Å². The number of rotatable bonds is 5. The lowest BCUT2D eigenvalue weighted by Gasteiger charge is -2.21. The quantitative estimate of drug-likeness (QED) is 0.852. The summed E-state index contributed by atoms with van der Waals surface area (Å²) in [5.74, 6) is -0.290. The van der Waals surface area contributed by atoms with Gasteiger partial charge in [-0.1, -0.05) is 6.92 Å². The molecule has 0 aliphatic heterocycles. The summed E-state index contributed by atoms with van der Waals surface area (Å²) in [6.07, 6.45) is 0.491. The molecule has 1 atom stereocenters. The molecule has 0 spiro atoms. The van der Waals surface area contributed by atoms with E-state index in [1.54, 1.807) is 13.8 Å². The van der Waals surface area contributed by atoms with Crippen molar-refractivity contribution in [3.8, 4) is 5.75 Å². The van der Waals surface area contributed by atoms with E-state index in [1.165, 1.54) is 24.3 Å². The highest BCUT2D eigenvalue weighted by molar-refractivity contribution is 5.97. The van der Waals surface area contributed by atoms with Crippen molar-refractivity contribution in [2.24, 2.45) is 5.73 Å². The van der Waals surface area contributed by atoms with Crippen LogP contribution in [-0.2, 0) is 4.79 Å². The van der Waals surface area contributed by atoms with E-state index in [9.17, 15) is 13.6 Å². The summed E-state index contributed by atoms with van der Waals surface area (Å²) in [5.41, 5.74) is 5.29. The highest BCUT2D eigenvalue weighted by Crippen LogP contribution is 2.18. The van der Waals surface area contributed by atoms with Crippen molar-refractivity contribution in [2.45, 2.75) is 32.4 Å². The second-order valence-electron chi connectivity index (χ2n) is 4.13. The van der Waals surface area contributed by atoms with Gasteiger partial charge in [-0.05, 0) is 37.6 Å². The van der Waals surface area contributed by atoms with Crippen LogP contribution in [0.4, 0.5) is 14.5 Å². The lowest BCUT2D eigenvalue weighted by molar-refractivity contribution is -0.120. The number of hydrogen-bond donors (Lipinski definition) is 2. The normalized spacial score (nSPS) is 14.1. The zero-order valence-electron chi connectivity index (χ0n) is 10.2. The Labute approximate surface area is 104 Å². The van der Waals surface area contributed by atoms with Gasteiger partial charge in [-0.15, -0.1) is 0 Å². The van der Waals surface area contributed by atoms with Crippen molar-refractivity contribution in [1.29, 1.82) is 0 Å². The molecule has 0 aliphatic carbocycles. The number of ether oxygens (including phenoxy) is 1. The highest BCUT2D eigenvalue weighted by Gasteiger charge is 2.25. The van der Waals surface area contributed by atoms with Gasteiger partial charge < -0.3 is 15.8 Å². The zero-order chi connectivity index (χ0) is 13.8. The third kappa shape index (κ3) is 3.96. The highest BCUT2D eigenvalue weighted by atomic mass is 19.3. The fraction of sp³-hybridized carbons (Fsp3) is 0.417. The van der Waals surface area contributed by atoms with Crippen LogP contribution in [0.15, 0.2) is 24.3 Å². The molecule has 6 heteroatoms. The van der Waals surface area contributed by atoms with Crippen LogP contribution in [0.5, 0.6) is 5.75 Å². The van der Waals surface area contributed by atoms with Crippen molar-refractivity contribution in [3.05, 3.63) is 24.3 Å². The van der Waals surface area contributed by atoms with E-state index >= 15 is 0 Å². The first-order valence-corrected chi connectivity index (χ1v) is 5.50. The zero-order valence-corrected chi connectivity index (χ0v) is 10.2. The number of amides is 1. The van der Waals surface area contributed by atoms with Crippen molar-refractivity contribution < 1.29 is 18.3 Å². The summed E-state index contributed by atoms with van der Waals surface area (Å²) in [5, 5.41) is 2.61. The van der Waals surface area contributed by atoms with E-state index in [2.05, 4.69) is 10.1 Å². The fourth-order valence-corrected chi connectivity index (χ4v) is 1.15. The van der Waals surface area contributed by atoms with Crippen LogP contribution in [0.3, 0.4) is 0 Å². The molecular weight excluding hydrogens is 242 g/mol. The van der Waals surface area contributed by atoms with Crippen molar-refractivity contribution in [2.75, 3.05) is 5.32 Å². The van der Waals surface area contributed by atoms with E-state index in [-0.39, 0.29) is 11.7 Å². The minimum absolute atomic E-state index is 0.0361. The van der Waals surface area contributed by atoms with Gasteiger partial charge in [0.25, 0.3) is 0 Å². The van der Waals surface area contributed by atoms with Gasteiger partial charge in [-0.25, -0.2) is 0 Å². The third-order valence-corrected chi connectivity index (χ3v) is 2.59. The van der Waals surface area contributed by atoms with Crippen LogP contribution in [0.1, 0.15) is 20.3 Å². The van der Waals surface area contributed by atoms with E-state index in [1.807, 2.05) is 0 Å². The van der Waals surface area contributed by atoms with E-state index in [0.717, 1.165) is 0 Å². The summed E-state index contributed by atoms with van der Waals surface area (Å²) in [4.78, 5) is 11.7. The van der Waals surface area contributed by atoms with Crippen LogP contribution < -0.4 is 15.8 Å². The number of alkyl halides is 2. The monoisotopic (exact) mass is 258 g/mol. The molecule has 1 aromatic carbocycles. The van der Waals surface area contributed by atoms with Crippen molar-refractivity contribution in [1.82, 2.24) is 0 Å². The van der Waals surface area contributed by atoms with Crippen LogP contribution in [0.25, 0.3) is 0 Å². The minimum Gasteiger partial charge on any atom is -0.435 e. The summed E-state index contributed by atoms with van der Waals surface area (Å²) in [6.45, 7) is 0.563. The summed E-state index contributed by atoms with van der Waals surface area (Å²) in [6, 6.07) is 5.64. The molecule has 0 aromatic heterocycles. The molecule has 18 heavy (non-hydrogen) atoms. The number of carbonyl (C=O) groups is 1. The first-order chi connectivity index (χ1) is 8.35. The topological polar surface area (TPSA) is 64.4 Å². The van der Waals surface area contributed by atoms with E-state index in [4.69, 9.17) is 5.73 Å². The SMILES string of the molecule is CCC(C)(N)C(=O)Nc1ccc(OC(F)F)cc1. The lowest BCUT2D eigenvalue weighted by atomic mass is 9.99. The van der Waals surface area contributed by atoms with Crippen LogP contribution in [0, 0.1) is 0 Å². The van der Waals surface area contributed by atoms with Gasteiger partial charge in [0.05, 0.1) is 5.54 Å². The number of halogens is 2. The lowest BCUT2D eigenvalue weighted by Crippen LogP contribution is -2.47. The number of benzene rings is 1. The molecule has 0 heterocycles. The first-order valence-electron chi connectivity index (χ1n) is 5.50. The van der Waals surface area contributed by atoms with Crippen LogP contribution >= 0.6 is 0 Å². The fourth-order valence-electron chi connectivity index (χ4n) is 1.15. The Morgan fingerprint density at radius 1 is 1.44 bits per heavy atom. The molecule has 0 saturated heterocycles. The van der Waals surface area contributed by atoms with Gasteiger partial charge in [0, 0.05) is 5.69 Å². The second-order valence-corrected chi connectivity index (χ2v) is 4.13. The van der Waals surface area contributed by atoms with E-state index < -0.39 is 12.2 Å². The summed E-state index contributed by atoms with van der Waals surface area (Å²) < 4.78 is 28.0.